The van der Waals surface area contributed by atoms with Crippen LogP contribution in [0.3, 0.4) is 0 Å². The summed E-state index contributed by atoms with van der Waals surface area (Å²) in [4.78, 5) is 3.96. The first-order valence-corrected chi connectivity index (χ1v) is 3.75. The lowest BCUT2D eigenvalue weighted by atomic mass is 10.3. The van der Waals surface area contributed by atoms with Crippen molar-refractivity contribution in [1.82, 2.24) is 10.3 Å². The van der Waals surface area contributed by atoms with E-state index in [9.17, 15) is 4.39 Å². The molecule has 0 bridgehead atoms. The van der Waals surface area contributed by atoms with Crippen LogP contribution in [-0.4, -0.2) is 18.6 Å². The van der Waals surface area contributed by atoms with Crippen LogP contribution in [0.25, 0.3) is 6.08 Å². The number of hydrogen-bond acceptors (Lipinski definition) is 2. The van der Waals surface area contributed by atoms with Gasteiger partial charge in [0.2, 0.25) is 0 Å². The summed E-state index contributed by atoms with van der Waals surface area (Å²) in [6.07, 6.45) is 5.12. The first-order chi connectivity index (χ1) is 5.83. The summed E-state index contributed by atoms with van der Waals surface area (Å²) in [5, 5.41) is 2.94. The van der Waals surface area contributed by atoms with Gasteiger partial charge in [-0.15, -0.1) is 0 Å². The van der Waals surface area contributed by atoms with Crippen molar-refractivity contribution in [2.45, 2.75) is 0 Å². The van der Waals surface area contributed by atoms with Crippen LogP contribution in [0.4, 0.5) is 4.39 Å². The van der Waals surface area contributed by atoms with E-state index >= 15 is 0 Å². The van der Waals surface area contributed by atoms with Crippen molar-refractivity contribution in [2.75, 3.05) is 13.6 Å². The Labute approximate surface area is 71.1 Å². The zero-order valence-electron chi connectivity index (χ0n) is 6.92. The largest absolute Gasteiger partial charge is 0.316 e. The summed E-state index contributed by atoms with van der Waals surface area (Å²) in [6.45, 7) is 0.762. The maximum Gasteiger partial charge on any atom is 0.126 e. The fourth-order valence-corrected chi connectivity index (χ4v) is 0.810. The minimum atomic E-state index is -0.255. The molecule has 0 atom stereocenters. The molecule has 1 aromatic rings. The van der Waals surface area contributed by atoms with Gasteiger partial charge in [0.1, 0.15) is 5.82 Å². The fraction of sp³-hybridized carbons (Fsp3) is 0.222. The van der Waals surface area contributed by atoms with Crippen LogP contribution in [0.2, 0.25) is 0 Å². The second-order valence-electron chi connectivity index (χ2n) is 2.36. The van der Waals surface area contributed by atoms with E-state index in [-0.39, 0.29) is 5.82 Å². The van der Waals surface area contributed by atoms with E-state index in [1.165, 1.54) is 18.3 Å². The van der Waals surface area contributed by atoms with Crippen LogP contribution in [0.15, 0.2) is 24.4 Å². The summed E-state index contributed by atoms with van der Waals surface area (Å²) in [6, 6.07) is 2.72. The van der Waals surface area contributed by atoms with Crippen molar-refractivity contribution in [3.8, 4) is 0 Å². The molecule has 0 saturated carbocycles. The topological polar surface area (TPSA) is 24.9 Å². The molecular weight excluding hydrogens is 155 g/mol. The van der Waals surface area contributed by atoms with Gasteiger partial charge in [-0.1, -0.05) is 6.08 Å². The molecule has 0 radical (unpaired) electrons. The average Bonchev–Trinajstić information content (AvgIpc) is 2.05. The zero-order valence-corrected chi connectivity index (χ0v) is 6.92. The molecule has 0 aliphatic rings. The van der Waals surface area contributed by atoms with Crippen molar-refractivity contribution in [3.63, 3.8) is 0 Å². The molecule has 1 heterocycles. The number of nitrogens with one attached hydrogen (secondary N) is 1. The van der Waals surface area contributed by atoms with Gasteiger partial charge in [-0.25, -0.2) is 4.39 Å². The Kier molecular flexibility index (Phi) is 3.41. The second kappa shape index (κ2) is 4.62. The number of hydrogen-bond donors (Lipinski definition) is 1. The van der Waals surface area contributed by atoms with Crippen LogP contribution in [0.1, 0.15) is 5.69 Å². The predicted octanol–water partition coefficient (Wildman–Crippen LogP) is 1.45. The molecule has 0 unspecified atom stereocenters. The van der Waals surface area contributed by atoms with E-state index in [4.69, 9.17) is 0 Å². The van der Waals surface area contributed by atoms with Crippen molar-refractivity contribution >= 4 is 6.08 Å². The minimum Gasteiger partial charge on any atom is -0.316 e. The molecule has 0 spiro atoms. The molecule has 1 rings (SSSR count). The Morgan fingerprint density at radius 2 is 2.50 bits per heavy atom. The Morgan fingerprint density at radius 3 is 3.17 bits per heavy atom. The second-order valence-corrected chi connectivity index (χ2v) is 2.36. The van der Waals surface area contributed by atoms with Crippen LogP contribution >= 0.6 is 0 Å². The Hall–Kier alpha value is -1.22. The van der Waals surface area contributed by atoms with Crippen molar-refractivity contribution in [1.29, 1.82) is 0 Å². The van der Waals surface area contributed by atoms with Crippen molar-refractivity contribution in [2.24, 2.45) is 0 Å². The quantitative estimate of drug-likeness (QED) is 0.735. The third kappa shape index (κ3) is 2.80. The van der Waals surface area contributed by atoms with E-state index in [2.05, 4.69) is 10.3 Å². The first kappa shape index (κ1) is 8.87. The molecule has 0 amide bonds. The van der Waals surface area contributed by atoms with Gasteiger partial charge in [-0.3, -0.25) is 4.98 Å². The number of pyridine rings is 1. The maximum absolute atomic E-state index is 12.6. The minimum absolute atomic E-state index is 0.255. The summed E-state index contributed by atoms with van der Waals surface area (Å²) < 4.78 is 12.6. The highest BCUT2D eigenvalue weighted by molar-refractivity contribution is 5.44. The molecule has 0 aliphatic heterocycles. The van der Waals surface area contributed by atoms with E-state index in [1.54, 1.807) is 6.08 Å². The van der Waals surface area contributed by atoms with Crippen LogP contribution in [0.5, 0.6) is 0 Å². The summed E-state index contributed by atoms with van der Waals surface area (Å²) in [5.41, 5.74) is 0.644. The van der Waals surface area contributed by atoms with Gasteiger partial charge in [-0.2, -0.15) is 0 Å². The Balaban J connectivity index is 2.63. The highest BCUT2D eigenvalue weighted by Crippen LogP contribution is 2.00. The smallest absolute Gasteiger partial charge is 0.126 e. The number of likely N-dealkylation sites (N-methyl/N-ethyl adjacent to an activating group) is 1. The third-order valence-corrected chi connectivity index (χ3v) is 1.35. The first-order valence-electron chi connectivity index (χ1n) is 3.75. The molecule has 64 valence electrons. The highest BCUT2D eigenvalue weighted by Gasteiger charge is 1.90. The van der Waals surface area contributed by atoms with E-state index in [1.807, 2.05) is 13.1 Å². The maximum atomic E-state index is 12.6. The zero-order chi connectivity index (χ0) is 8.81. The number of nitrogens with zero attached hydrogens (tertiary/aromatic N) is 1. The number of rotatable bonds is 3. The molecular formula is C9H11FN2. The Morgan fingerprint density at radius 1 is 1.67 bits per heavy atom. The van der Waals surface area contributed by atoms with E-state index < -0.39 is 0 Å². The summed E-state index contributed by atoms with van der Waals surface area (Å²) >= 11 is 0. The van der Waals surface area contributed by atoms with Gasteiger partial charge < -0.3 is 5.32 Å². The highest BCUT2D eigenvalue weighted by atomic mass is 19.1. The summed E-state index contributed by atoms with van der Waals surface area (Å²) in [5.74, 6) is -0.255. The normalized spacial score (nSPS) is 10.8. The molecule has 1 N–H and O–H groups in total. The van der Waals surface area contributed by atoms with Crippen LogP contribution in [0, 0.1) is 5.82 Å². The van der Waals surface area contributed by atoms with Crippen molar-refractivity contribution < 1.29 is 4.39 Å². The van der Waals surface area contributed by atoms with Crippen LogP contribution in [-0.2, 0) is 0 Å². The van der Waals surface area contributed by atoms with Gasteiger partial charge in [0.15, 0.2) is 0 Å². The number of halogens is 1. The van der Waals surface area contributed by atoms with Gasteiger partial charge in [0.05, 0.1) is 5.69 Å². The van der Waals surface area contributed by atoms with E-state index in [0.29, 0.717) is 5.69 Å². The molecule has 0 fully saturated rings. The molecule has 1 aromatic heterocycles. The lowest BCUT2D eigenvalue weighted by Crippen LogP contribution is -2.03. The SMILES string of the molecule is CNCC=Cc1cc(F)ccn1. The lowest BCUT2D eigenvalue weighted by molar-refractivity contribution is 0.625. The monoisotopic (exact) mass is 166 g/mol. The Bertz CT molecular complexity index is 271. The fourth-order valence-electron chi connectivity index (χ4n) is 0.810. The predicted molar refractivity (Wildman–Crippen MR) is 47.2 cm³/mol. The van der Waals surface area contributed by atoms with Gasteiger partial charge in [0.25, 0.3) is 0 Å². The molecule has 0 saturated heterocycles. The lowest BCUT2D eigenvalue weighted by Gasteiger charge is -1.92. The van der Waals surface area contributed by atoms with E-state index in [0.717, 1.165) is 6.54 Å². The van der Waals surface area contributed by atoms with Gasteiger partial charge in [0, 0.05) is 12.7 Å². The molecule has 0 aromatic carbocycles. The molecule has 12 heavy (non-hydrogen) atoms. The van der Waals surface area contributed by atoms with Gasteiger partial charge in [-0.05, 0) is 25.3 Å². The van der Waals surface area contributed by atoms with Crippen molar-refractivity contribution in [3.05, 3.63) is 35.9 Å². The third-order valence-electron chi connectivity index (χ3n) is 1.35. The molecule has 2 nitrogen and oxygen atoms in total. The average molecular weight is 166 g/mol. The molecule has 3 heteroatoms. The summed E-state index contributed by atoms with van der Waals surface area (Å²) in [7, 11) is 1.85. The standard InChI is InChI=1S/C9H11FN2/c1-11-5-2-3-9-7-8(10)4-6-12-9/h2-4,6-7,11H,5H2,1H3. The van der Waals surface area contributed by atoms with Crippen LogP contribution < -0.4 is 5.32 Å². The number of aromatic nitrogens is 1. The van der Waals surface area contributed by atoms with Gasteiger partial charge >= 0.3 is 0 Å². The molecule has 0 aliphatic carbocycles.